The Bertz CT molecular complexity index is 561. The highest BCUT2D eigenvalue weighted by Gasteiger charge is 2.09. The van der Waals surface area contributed by atoms with Crippen LogP contribution < -0.4 is 5.32 Å². The Kier molecular flexibility index (Phi) is 5.41. The van der Waals surface area contributed by atoms with Crippen molar-refractivity contribution in [2.75, 3.05) is 5.32 Å². The molecule has 0 aliphatic rings. The van der Waals surface area contributed by atoms with Gasteiger partial charge in [-0.25, -0.2) is 4.98 Å². The van der Waals surface area contributed by atoms with Gasteiger partial charge in [0.15, 0.2) is 5.82 Å². The van der Waals surface area contributed by atoms with Gasteiger partial charge in [-0.2, -0.15) is 0 Å². The summed E-state index contributed by atoms with van der Waals surface area (Å²) in [6, 6.07) is 9.99. The quantitative estimate of drug-likeness (QED) is 0.909. The van der Waals surface area contributed by atoms with Crippen molar-refractivity contribution in [1.82, 2.24) is 4.98 Å². The number of nitrogens with one attached hydrogen (secondary N) is 1. The highest BCUT2D eigenvalue weighted by atomic mass is 35.5. The molecule has 1 aromatic heterocycles. The number of carbonyl (C=O) groups is 1. The third-order valence-electron chi connectivity index (χ3n) is 2.08. The SMILES string of the molecule is Cl.O=C(Nc1ncccc1Cl)c1cccc(Cl)c1. The molecule has 94 valence electrons. The highest BCUT2D eigenvalue weighted by molar-refractivity contribution is 6.33. The summed E-state index contributed by atoms with van der Waals surface area (Å²) in [4.78, 5) is 15.8. The molecule has 1 amide bonds. The molecule has 6 heteroatoms. The Morgan fingerprint density at radius 2 is 1.94 bits per heavy atom. The van der Waals surface area contributed by atoms with Gasteiger partial charge in [-0.15, -0.1) is 12.4 Å². The first-order valence-corrected chi connectivity index (χ1v) is 5.60. The molecule has 1 N–H and O–H groups in total. The molecule has 0 unspecified atom stereocenters. The largest absolute Gasteiger partial charge is 0.305 e. The summed E-state index contributed by atoms with van der Waals surface area (Å²) >= 11 is 11.7. The summed E-state index contributed by atoms with van der Waals surface area (Å²) in [6.45, 7) is 0. The molecule has 1 aromatic carbocycles. The number of nitrogens with zero attached hydrogens (tertiary/aromatic N) is 1. The summed E-state index contributed by atoms with van der Waals surface area (Å²) < 4.78 is 0. The van der Waals surface area contributed by atoms with E-state index in [4.69, 9.17) is 23.2 Å². The molecule has 18 heavy (non-hydrogen) atoms. The molecule has 0 fully saturated rings. The topological polar surface area (TPSA) is 42.0 Å². The van der Waals surface area contributed by atoms with E-state index in [0.717, 1.165) is 0 Å². The van der Waals surface area contributed by atoms with Crippen LogP contribution in [0.15, 0.2) is 42.6 Å². The minimum Gasteiger partial charge on any atom is -0.305 e. The van der Waals surface area contributed by atoms with Crippen LogP contribution in [0.1, 0.15) is 10.4 Å². The molecular formula is C12H9Cl3N2O. The van der Waals surface area contributed by atoms with Gasteiger partial charge in [-0.05, 0) is 30.3 Å². The first kappa shape index (κ1) is 14.8. The van der Waals surface area contributed by atoms with Gasteiger partial charge in [-0.1, -0.05) is 29.3 Å². The predicted octanol–water partition coefficient (Wildman–Crippen LogP) is 4.06. The predicted molar refractivity (Wildman–Crippen MR) is 75.9 cm³/mol. The van der Waals surface area contributed by atoms with Crippen LogP contribution in [0.25, 0.3) is 0 Å². The van der Waals surface area contributed by atoms with Gasteiger partial charge in [-0.3, -0.25) is 4.79 Å². The Balaban J connectivity index is 0.00000162. The molecule has 0 radical (unpaired) electrons. The van der Waals surface area contributed by atoms with Gasteiger partial charge < -0.3 is 5.32 Å². The van der Waals surface area contributed by atoms with Crippen molar-refractivity contribution in [3.05, 3.63) is 58.2 Å². The van der Waals surface area contributed by atoms with Crippen molar-refractivity contribution in [2.45, 2.75) is 0 Å². The van der Waals surface area contributed by atoms with Crippen molar-refractivity contribution >= 4 is 47.3 Å². The van der Waals surface area contributed by atoms with Gasteiger partial charge in [0.25, 0.3) is 5.91 Å². The van der Waals surface area contributed by atoms with Gasteiger partial charge in [0, 0.05) is 16.8 Å². The molecule has 3 nitrogen and oxygen atoms in total. The number of benzene rings is 1. The van der Waals surface area contributed by atoms with Crippen molar-refractivity contribution in [1.29, 1.82) is 0 Å². The van der Waals surface area contributed by atoms with E-state index in [2.05, 4.69) is 10.3 Å². The fourth-order valence-corrected chi connectivity index (χ4v) is 1.65. The van der Waals surface area contributed by atoms with Crippen molar-refractivity contribution in [2.24, 2.45) is 0 Å². The molecule has 0 aliphatic carbocycles. The molecule has 0 atom stereocenters. The monoisotopic (exact) mass is 302 g/mol. The normalized spacial score (nSPS) is 9.44. The Labute approximate surface area is 121 Å². The summed E-state index contributed by atoms with van der Waals surface area (Å²) in [5, 5.41) is 3.51. The minimum atomic E-state index is -0.298. The van der Waals surface area contributed by atoms with E-state index in [1.807, 2.05) is 0 Å². The lowest BCUT2D eigenvalue weighted by molar-refractivity contribution is 0.102. The summed E-state index contributed by atoms with van der Waals surface area (Å²) in [5.41, 5.74) is 0.458. The number of amides is 1. The van der Waals surface area contributed by atoms with E-state index in [1.54, 1.807) is 42.6 Å². The lowest BCUT2D eigenvalue weighted by Gasteiger charge is -2.05. The summed E-state index contributed by atoms with van der Waals surface area (Å²) in [6.07, 6.45) is 1.56. The Morgan fingerprint density at radius 1 is 1.17 bits per heavy atom. The van der Waals surface area contributed by atoms with Gasteiger partial charge in [0.1, 0.15) is 0 Å². The number of anilines is 1. The lowest BCUT2D eigenvalue weighted by atomic mass is 10.2. The van der Waals surface area contributed by atoms with Crippen LogP contribution in [-0.2, 0) is 0 Å². The van der Waals surface area contributed by atoms with Crippen LogP contribution >= 0.6 is 35.6 Å². The second-order valence-electron chi connectivity index (χ2n) is 3.30. The van der Waals surface area contributed by atoms with Crippen molar-refractivity contribution < 1.29 is 4.79 Å². The van der Waals surface area contributed by atoms with Crippen LogP contribution in [0.5, 0.6) is 0 Å². The lowest BCUT2D eigenvalue weighted by Crippen LogP contribution is -2.13. The number of aromatic nitrogens is 1. The van der Waals surface area contributed by atoms with E-state index in [1.165, 1.54) is 0 Å². The van der Waals surface area contributed by atoms with E-state index in [9.17, 15) is 4.79 Å². The molecule has 1 heterocycles. The molecule has 0 saturated heterocycles. The zero-order valence-corrected chi connectivity index (χ0v) is 11.4. The third-order valence-corrected chi connectivity index (χ3v) is 2.62. The van der Waals surface area contributed by atoms with Crippen LogP contribution in [-0.4, -0.2) is 10.9 Å². The van der Waals surface area contributed by atoms with Crippen molar-refractivity contribution in [3.8, 4) is 0 Å². The minimum absolute atomic E-state index is 0. The number of halogens is 3. The number of hydrogen-bond acceptors (Lipinski definition) is 2. The number of pyridine rings is 1. The Morgan fingerprint density at radius 3 is 2.61 bits per heavy atom. The van der Waals surface area contributed by atoms with Gasteiger partial charge >= 0.3 is 0 Å². The zero-order chi connectivity index (χ0) is 12.3. The molecule has 0 bridgehead atoms. The first-order valence-electron chi connectivity index (χ1n) is 4.84. The third kappa shape index (κ3) is 3.60. The smallest absolute Gasteiger partial charge is 0.256 e. The molecule has 2 rings (SSSR count). The Hall–Kier alpha value is -1.29. The van der Waals surface area contributed by atoms with Crippen LogP contribution in [0.3, 0.4) is 0 Å². The summed E-state index contributed by atoms with van der Waals surface area (Å²) in [5.74, 6) is 0.0345. The summed E-state index contributed by atoms with van der Waals surface area (Å²) in [7, 11) is 0. The standard InChI is InChI=1S/C12H8Cl2N2O.ClH/c13-9-4-1-3-8(7-9)12(17)16-11-10(14)5-2-6-15-11;/h1-7H,(H,15,16,17);1H. The second-order valence-corrected chi connectivity index (χ2v) is 4.14. The number of rotatable bonds is 2. The van der Waals surface area contributed by atoms with E-state index in [-0.39, 0.29) is 18.3 Å². The maximum absolute atomic E-state index is 11.9. The molecule has 2 aromatic rings. The molecule has 0 aliphatic heterocycles. The van der Waals surface area contributed by atoms with E-state index in [0.29, 0.717) is 21.4 Å². The zero-order valence-electron chi connectivity index (χ0n) is 9.06. The van der Waals surface area contributed by atoms with Crippen molar-refractivity contribution in [3.63, 3.8) is 0 Å². The van der Waals surface area contributed by atoms with E-state index < -0.39 is 0 Å². The maximum Gasteiger partial charge on any atom is 0.256 e. The molecule has 0 saturated carbocycles. The molecule has 0 spiro atoms. The molecular weight excluding hydrogens is 295 g/mol. The highest BCUT2D eigenvalue weighted by Crippen LogP contribution is 2.19. The van der Waals surface area contributed by atoms with Gasteiger partial charge in [0.05, 0.1) is 5.02 Å². The van der Waals surface area contributed by atoms with Gasteiger partial charge in [0.2, 0.25) is 0 Å². The average molecular weight is 304 g/mol. The second kappa shape index (κ2) is 6.59. The first-order chi connectivity index (χ1) is 8.16. The van der Waals surface area contributed by atoms with Crippen LogP contribution in [0.4, 0.5) is 5.82 Å². The fraction of sp³-hybridized carbons (Fsp3) is 0. The van der Waals surface area contributed by atoms with E-state index >= 15 is 0 Å². The van der Waals surface area contributed by atoms with Crippen LogP contribution in [0, 0.1) is 0 Å². The number of hydrogen-bond donors (Lipinski definition) is 1. The average Bonchev–Trinajstić information content (AvgIpc) is 2.32. The fourth-order valence-electron chi connectivity index (χ4n) is 1.29. The maximum atomic E-state index is 11.9. The number of carbonyl (C=O) groups excluding carboxylic acids is 1. The van der Waals surface area contributed by atoms with Crippen LogP contribution in [0.2, 0.25) is 10.0 Å².